The van der Waals surface area contributed by atoms with E-state index in [9.17, 15) is 5.26 Å². The van der Waals surface area contributed by atoms with Gasteiger partial charge in [-0.15, -0.1) is 11.3 Å². The first-order chi connectivity index (χ1) is 14.2. The number of nitrogens with zero attached hydrogens (tertiary/aromatic N) is 2. The lowest BCUT2D eigenvalue weighted by Crippen LogP contribution is -1.97. The molecule has 6 heteroatoms. The van der Waals surface area contributed by atoms with E-state index in [0.717, 1.165) is 25.7 Å². The number of allylic oxidation sites excluding steroid dienone is 1. The second-order valence-corrected chi connectivity index (χ2v) is 8.88. The van der Waals surface area contributed by atoms with Crippen LogP contribution in [0.25, 0.3) is 16.3 Å². The fourth-order valence-corrected chi connectivity index (χ4v) is 4.91. The lowest BCUT2D eigenvalue weighted by Gasteiger charge is -2.10. The second kappa shape index (κ2) is 9.15. The molecule has 0 bridgehead atoms. The average molecular weight is 435 g/mol. The van der Waals surface area contributed by atoms with Gasteiger partial charge < -0.3 is 4.74 Å². The highest BCUT2D eigenvalue weighted by molar-refractivity contribution is 8.05. The number of hydrogen-bond acceptors (Lipinski definition) is 5. The summed E-state index contributed by atoms with van der Waals surface area (Å²) in [5, 5.41) is 10.3. The fourth-order valence-electron chi connectivity index (χ4n) is 2.73. The monoisotopic (exact) mass is 434 g/mol. The molecule has 0 radical (unpaired) electrons. The van der Waals surface area contributed by atoms with Gasteiger partial charge in [-0.3, -0.25) is 0 Å². The van der Waals surface area contributed by atoms with Crippen molar-refractivity contribution in [3.63, 3.8) is 0 Å². The lowest BCUT2D eigenvalue weighted by molar-refractivity contribution is 0.305. The Kier molecular flexibility index (Phi) is 6.16. The maximum atomic E-state index is 9.64. The minimum atomic E-state index is 0.401. The molecule has 0 aliphatic carbocycles. The molecular weight excluding hydrogens is 420 g/mol. The van der Waals surface area contributed by atoms with Gasteiger partial charge in [0.05, 0.1) is 15.1 Å². The Labute approximate surface area is 182 Å². The predicted molar refractivity (Wildman–Crippen MR) is 121 cm³/mol. The largest absolute Gasteiger partial charge is 0.488 e. The number of fused-ring (bicyclic) bond motifs is 1. The predicted octanol–water partition coefficient (Wildman–Crippen LogP) is 7.19. The molecular formula is C23H15ClN2OS2. The number of ether oxygens (including phenoxy) is 1. The molecule has 1 aromatic heterocycles. The highest BCUT2D eigenvalue weighted by Crippen LogP contribution is 2.35. The van der Waals surface area contributed by atoms with E-state index >= 15 is 0 Å². The summed E-state index contributed by atoms with van der Waals surface area (Å²) < 4.78 is 7.94. The lowest BCUT2D eigenvalue weighted by atomic mass is 10.2. The van der Waals surface area contributed by atoms with Crippen molar-refractivity contribution < 1.29 is 4.74 Å². The second-order valence-electron chi connectivity index (χ2n) is 6.13. The molecule has 0 saturated carbocycles. The van der Waals surface area contributed by atoms with E-state index in [1.54, 1.807) is 11.3 Å². The minimum Gasteiger partial charge on any atom is -0.488 e. The normalized spacial score (nSPS) is 11.4. The fraction of sp³-hybridized carbons (Fsp3) is 0.0435. The van der Waals surface area contributed by atoms with Crippen LogP contribution in [0, 0.1) is 11.3 Å². The van der Waals surface area contributed by atoms with E-state index in [-0.39, 0.29) is 0 Å². The summed E-state index contributed by atoms with van der Waals surface area (Å²) in [7, 11) is 0. The number of thioether (sulfide) groups is 1. The third-order valence-electron chi connectivity index (χ3n) is 4.07. The molecule has 0 fully saturated rings. The standard InChI is InChI=1S/C23H15ClN2OS2/c24-18-8-5-6-16(12-18)15-27-21-10-3-1-7-17(21)13-19(14-25)28-23-26-20-9-2-4-11-22(20)29-23/h1-13H,15H2. The number of thiazole rings is 1. The zero-order chi connectivity index (χ0) is 20.1. The van der Waals surface area contributed by atoms with Crippen LogP contribution in [0.2, 0.25) is 5.02 Å². The number of rotatable bonds is 6. The van der Waals surface area contributed by atoms with Gasteiger partial charge in [0, 0.05) is 10.6 Å². The zero-order valence-electron chi connectivity index (χ0n) is 15.2. The summed E-state index contributed by atoms with van der Waals surface area (Å²) in [6.07, 6.45) is 1.84. The van der Waals surface area contributed by atoms with Crippen LogP contribution in [0.4, 0.5) is 0 Å². The van der Waals surface area contributed by atoms with Gasteiger partial charge in [0.2, 0.25) is 0 Å². The van der Waals surface area contributed by atoms with Crippen LogP contribution in [0.5, 0.6) is 5.75 Å². The molecule has 142 valence electrons. The average Bonchev–Trinajstić information content (AvgIpc) is 3.15. The van der Waals surface area contributed by atoms with Crippen LogP contribution < -0.4 is 4.74 Å². The maximum Gasteiger partial charge on any atom is 0.156 e. The first-order valence-corrected chi connectivity index (χ1v) is 10.8. The smallest absolute Gasteiger partial charge is 0.156 e. The van der Waals surface area contributed by atoms with Gasteiger partial charge >= 0.3 is 0 Å². The summed E-state index contributed by atoms with van der Waals surface area (Å²) in [6.45, 7) is 0.401. The quantitative estimate of drug-likeness (QED) is 0.238. The van der Waals surface area contributed by atoms with E-state index in [1.165, 1.54) is 11.8 Å². The van der Waals surface area contributed by atoms with Gasteiger partial charge in [-0.05, 0) is 53.7 Å². The molecule has 0 aliphatic heterocycles. The molecule has 0 unspecified atom stereocenters. The summed E-state index contributed by atoms with van der Waals surface area (Å²) in [4.78, 5) is 5.15. The number of para-hydroxylation sites is 2. The zero-order valence-corrected chi connectivity index (χ0v) is 17.6. The molecule has 29 heavy (non-hydrogen) atoms. The van der Waals surface area contributed by atoms with Gasteiger partial charge in [-0.25, -0.2) is 4.98 Å². The van der Waals surface area contributed by atoms with Crippen molar-refractivity contribution in [3.8, 4) is 11.8 Å². The van der Waals surface area contributed by atoms with Crippen LogP contribution in [0.1, 0.15) is 11.1 Å². The SMILES string of the molecule is N#CC(=Cc1ccccc1OCc1cccc(Cl)c1)Sc1nc2ccccc2s1. The summed E-state index contributed by atoms with van der Waals surface area (Å²) in [6, 6.07) is 25.5. The Morgan fingerprint density at radius 2 is 1.93 bits per heavy atom. The van der Waals surface area contributed by atoms with Gasteiger partial charge in [-0.1, -0.05) is 54.1 Å². The minimum absolute atomic E-state index is 0.401. The number of aromatic nitrogens is 1. The molecule has 0 aliphatic rings. The Morgan fingerprint density at radius 3 is 2.76 bits per heavy atom. The molecule has 0 spiro atoms. The van der Waals surface area contributed by atoms with Crippen LogP contribution >= 0.6 is 34.7 Å². The molecule has 4 rings (SSSR count). The number of hydrogen-bond donors (Lipinski definition) is 0. The van der Waals surface area contributed by atoms with E-state index < -0.39 is 0 Å². The molecule has 0 N–H and O–H groups in total. The maximum absolute atomic E-state index is 9.64. The number of halogens is 1. The van der Waals surface area contributed by atoms with Gasteiger partial charge in [0.25, 0.3) is 0 Å². The third kappa shape index (κ3) is 4.99. The molecule has 4 aromatic rings. The Bertz CT molecular complexity index is 1190. The Morgan fingerprint density at radius 1 is 1.10 bits per heavy atom. The van der Waals surface area contributed by atoms with Gasteiger partial charge in [0.15, 0.2) is 4.34 Å². The molecule has 0 saturated heterocycles. The Balaban J connectivity index is 1.55. The van der Waals surface area contributed by atoms with Crippen molar-refractivity contribution >= 4 is 51.0 Å². The van der Waals surface area contributed by atoms with E-state index in [2.05, 4.69) is 11.1 Å². The molecule has 3 aromatic carbocycles. The van der Waals surface area contributed by atoms with Gasteiger partial charge in [-0.2, -0.15) is 5.26 Å². The van der Waals surface area contributed by atoms with Crippen molar-refractivity contribution in [2.24, 2.45) is 0 Å². The molecule has 3 nitrogen and oxygen atoms in total. The molecule has 1 heterocycles. The van der Waals surface area contributed by atoms with Crippen molar-refractivity contribution in [2.45, 2.75) is 10.9 Å². The van der Waals surface area contributed by atoms with Crippen LogP contribution in [-0.4, -0.2) is 4.98 Å². The van der Waals surface area contributed by atoms with Crippen molar-refractivity contribution in [2.75, 3.05) is 0 Å². The van der Waals surface area contributed by atoms with Crippen LogP contribution in [-0.2, 0) is 6.61 Å². The summed E-state index contributed by atoms with van der Waals surface area (Å²) in [5.41, 5.74) is 2.78. The van der Waals surface area contributed by atoms with Crippen molar-refractivity contribution in [3.05, 3.63) is 93.9 Å². The number of benzene rings is 3. The van der Waals surface area contributed by atoms with Crippen LogP contribution in [0.3, 0.4) is 0 Å². The highest BCUT2D eigenvalue weighted by atomic mass is 35.5. The van der Waals surface area contributed by atoms with Crippen LogP contribution in [0.15, 0.2) is 82.0 Å². The first-order valence-electron chi connectivity index (χ1n) is 8.83. The van der Waals surface area contributed by atoms with E-state index in [0.29, 0.717) is 22.3 Å². The van der Waals surface area contributed by atoms with E-state index in [1.807, 2.05) is 78.9 Å². The Hall–Kier alpha value is -2.78. The summed E-state index contributed by atoms with van der Waals surface area (Å²) in [5.74, 6) is 0.713. The topological polar surface area (TPSA) is 45.9 Å². The number of nitriles is 1. The third-order valence-corrected chi connectivity index (χ3v) is 6.33. The van der Waals surface area contributed by atoms with Crippen molar-refractivity contribution in [1.29, 1.82) is 5.26 Å². The van der Waals surface area contributed by atoms with Gasteiger partial charge in [0.1, 0.15) is 18.4 Å². The molecule has 0 amide bonds. The highest BCUT2D eigenvalue weighted by Gasteiger charge is 2.09. The first kappa shape index (κ1) is 19.5. The van der Waals surface area contributed by atoms with E-state index in [4.69, 9.17) is 16.3 Å². The molecule has 0 atom stereocenters. The summed E-state index contributed by atoms with van der Waals surface area (Å²) >= 11 is 8.99. The van der Waals surface area contributed by atoms with Crippen molar-refractivity contribution in [1.82, 2.24) is 4.98 Å².